The number of hydrogen-bond donors (Lipinski definition) is 0. The van der Waals surface area contributed by atoms with Crippen molar-refractivity contribution >= 4 is 0 Å². The molecule has 2 aromatic carbocycles. The van der Waals surface area contributed by atoms with Crippen molar-refractivity contribution in [3.8, 4) is 11.8 Å². The second-order valence-corrected chi connectivity index (χ2v) is 9.73. The summed E-state index contributed by atoms with van der Waals surface area (Å²) in [6.45, 7) is 6.32. The van der Waals surface area contributed by atoms with Crippen molar-refractivity contribution in [3.63, 3.8) is 0 Å². The minimum atomic E-state index is -1.08. The molecule has 0 spiro atoms. The first-order chi connectivity index (χ1) is 16.9. The van der Waals surface area contributed by atoms with Gasteiger partial charge in [-0.25, -0.2) is 17.6 Å². The Morgan fingerprint density at radius 1 is 0.857 bits per heavy atom. The summed E-state index contributed by atoms with van der Waals surface area (Å²) in [5, 5.41) is 0. The molecule has 0 aliphatic heterocycles. The Labute approximate surface area is 205 Å². The number of allylic oxidation sites excluding steroid dienone is 1. The van der Waals surface area contributed by atoms with Gasteiger partial charge in [0.1, 0.15) is 0 Å². The summed E-state index contributed by atoms with van der Waals surface area (Å²) in [6, 6.07) is 5.88. The number of ether oxygens (including phenoxy) is 1. The van der Waals surface area contributed by atoms with Gasteiger partial charge in [-0.2, -0.15) is 0 Å². The lowest BCUT2D eigenvalue weighted by molar-refractivity contribution is -0.00970. The first-order valence-electron chi connectivity index (χ1n) is 12.6. The Kier molecular flexibility index (Phi) is 8.34. The lowest BCUT2D eigenvalue weighted by Crippen LogP contribution is -2.34. The van der Waals surface area contributed by atoms with Crippen molar-refractivity contribution in [1.82, 2.24) is 0 Å². The predicted molar refractivity (Wildman–Crippen MR) is 130 cm³/mol. The highest BCUT2D eigenvalue weighted by Crippen LogP contribution is 2.47. The Morgan fingerprint density at radius 3 is 2.23 bits per heavy atom. The zero-order valence-corrected chi connectivity index (χ0v) is 20.2. The molecular formula is C30H32F4O. The van der Waals surface area contributed by atoms with Gasteiger partial charge in [0.2, 0.25) is 0 Å². The molecule has 2 fully saturated rings. The second kappa shape index (κ2) is 11.4. The number of benzene rings is 2. The standard InChI is InChI=1S/C30H32F4O/c1-3-5-6-19-7-8-20(28(32)27(19)31)9-10-21-14-16-26(30(34)29(21)33)24-12-11-23-18-25(35-4-2)15-13-22(23)17-24/h3,7-8,14,16,22-25H,1,4-6,11-13,15,17-18H2,2H3. The summed E-state index contributed by atoms with van der Waals surface area (Å²) in [7, 11) is 0. The molecule has 0 radical (unpaired) electrons. The minimum Gasteiger partial charge on any atom is -0.378 e. The molecule has 0 N–H and O–H groups in total. The third-order valence-corrected chi connectivity index (χ3v) is 7.63. The van der Waals surface area contributed by atoms with E-state index in [1.54, 1.807) is 12.1 Å². The summed E-state index contributed by atoms with van der Waals surface area (Å²) < 4.78 is 64.5. The Hall–Kier alpha value is -2.58. The maximum absolute atomic E-state index is 15.1. The van der Waals surface area contributed by atoms with Crippen LogP contribution in [-0.4, -0.2) is 12.7 Å². The van der Waals surface area contributed by atoms with Gasteiger partial charge in [0.25, 0.3) is 0 Å². The van der Waals surface area contributed by atoms with E-state index in [2.05, 4.69) is 18.4 Å². The molecular weight excluding hydrogens is 452 g/mol. The van der Waals surface area contributed by atoms with Gasteiger partial charge in [0.15, 0.2) is 23.3 Å². The SMILES string of the molecule is C=CCCc1ccc(C#Cc2ccc(C3CCC4CC(OCC)CCC4C3)c(F)c2F)c(F)c1F. The van der Waals surface area contributed by atoms with E-state index in [1.807, 2.05) is 6.92 Å². The van der Waals surface area contributed by atoms with Crippen LogP contribution < -0.4 is 0 Å². The summed E-state index contributed by atoms with van der Waals surface area (Å²) in [5.41, 5.74) is 0.278. The van der Waals surface area contributed by atoms with Gasteiger partial charge in [-0.1, -0.05) is 30.0 Å². The van der Waals surface area contributed by atoms with Crippen LogP contribution in [0.1, 0.15) is 80.0 Å². The van der Waals surface area contributed by atoms with E-state index in [0.29, 0.717) is 36.3 Å². The van der Waals surface area contributed by atoms with Crippen molar-refractivity contribution < 1.29 is 22.3 Å². The van der Waals surface area contributed by atoms with Gasteiger partial charge >= 0.3 is 0 Å². The van der Waals surface area contributed by atoms with Crippen LogP contribution in [-0.2, 0) is 11.2 Å². The van der Waals surface area contributed by atoms with Crippen LogP contribution in [0.5, 0.6) is 0 Å². The van der Waals surface area contributed by atoms with Crippen LogP contribution in [0.4, 0.5) is 17.6 Å². The molecule has 0 aromatic heterocycles. The van der Waals surface area contributed by atoms with Crippen molar-refractivity contribution in [2.45, 2.75) is 70.3 Å². The first kappa shape index (κ1) is 25.5. The van der Waals surface area contributed by atoms with Gasteiger partial charge in [0.05, 0.1) is 17.2 Å². The molecule has 4 unspecified atom stereocenters. The molecule has 0 amide bonds. The fourth-order valence-corrected chi connectivity index (χ4v) is 5.76. The van der Waals surface area contributed by atoms with Crippen LogP contribution in [0.3, 0.4) is 0 Å². The molecule has 2 saturated carbocycles. The third-order valence-electron chi connectivity index (χ3n) is 7.63. The molecule has 0 bridgehead atoms. The van der Waals surface area contributed by atoms with Crippen LogP contribution >= 0.6 is 0 Å². The van der Waals surface area contributed by atoms with Crippen molar-refractivity contribution in [1.29, 1.82) is 0 Å². The zero-order valence-electron chi connectivity index (χ0n) is 20.2. The van der Waals surface area contributed by atoms with Crippen LogP contribution in [0.15, 0.2) is 36.9 Å². The van der Waals surface area contributed by atoms with Gasteiger partial charge < -0.3 is 4.74 Å². The number of rotatable bonds is 6. The summed E-state index contributed by atoms with van der Waals surface area (Å²) in [6.07, 6.45) is 8.63. The van der Waals surface area contributed by atoms with E-state index in [-0.39, 0.29) is 22.6 Å². The number of hydrogen-bond acceptors (Lipinski definition) is 1. The summed E-state index contributed by atoms with van der Waals surface area (Å²) in [5.74, 6) is 2.09. The molecule has 1 nitrogen and oxygen atoms in total. The number of aryl methyl sites for hydroxylation is 1. The average molecular weight is 485 g/mol. The van der Waals surface area contributed by atoms with E-state index < -0.39 is 23.3 Å². The topological polar surface area (TPSA) is 9.23 Å². The smallest absolute Gasteiger partial charge is 0.174 e. The summed E-state index contributed by atoms with van der Waals surface area (Å²) in [4.78, 5) is 0. The first-order valence-corrected chi connectivity index (χ1v) is 12.6. The lowest BCUT2D eigenvalue weighted by atomic mass is 9.65. The van der Waals surface area contributed by atoms with Crippen LogP contribution in [0.2, 0.25) is 0 Å². The molecule has 2 aliphatic carbocycles. The van der Waals surface area contributed by atoms with Crippen molar-refractivity contribution in [3.05, 3.63) is 82.4 Å². The monoisotopic (exact) mass is 484 g/mol. The molecule has 4 atom stereocenters. The van der Waals surface area contributed by atoms with E-state index >= 15 is 4.39 Å². The molecule has 4 rings (SSSR count). The molecule has 0 heterocycles. The Balaban J connectivity index is 1.49. The van der Waals surface area contributed by atoms with Crippen LogP contribution in [0, 0.1) is 46.9 Å². The van der Waals surface area contributed by atoms with Crippen molar-refractivity contribution in [2.75, 3.05) is 6.61 Å². The second-order valence-electron chi connectivity index (χ2n) is 9.73. The maximum atomic E-state index is 15.1. The maximum Gasteiger partial charge on any atom is 0.174 e. The average Bonchev–Trinajstić information content (AvgIpc) is 2.86. The van der Waals surface area contributed by atoms with E-state index in [4.69, 9.17) is 4.74 Å². The van der Waals surface area contributed by atoms with E-state index in [9.17, 15) is 13.2 Å². The van der Waals surface area contributed by atoms with Gasteiger partial charge in [-0.15, -0.1) is 6.58 Å². The van der Waals surface area contributed by atoms with Crippen molar-refractivity contribution in [2.24, 2.45) is 11.8 Å². The molecule has 2 aliphatic rings. The normalized spacial score (nSPS) is 23.8. The van der Waals surface area contributed by atoms with E-state index in [0.717, 1.165) is 45.1 Å². The Morgan fingerprint density at radius 2 is 1.51 bits per heavy atom. The molecule has 0 saturated heterocycles. The number of halogens is 4. The molecule has 2 aromatic rings. The van der Waals surface area contributed by atoms with E-state index in [1.165, 1.54) is 18.2 Å². The minimum absolute atomic E-state index is 0.0222. The largest absolute Gasteiger partial charge is 0.378 e. The van der Waals surface area contributed by atoms with Crippen LogP contribution in [0.25, 0.3) is 0 Å². The van der Waals surface area contributed by atoms with Gasteiger partial charge in [0, 0.05) is 6.61 Å². The fourth-order valence-electron chi connectivity index (χ4n) is 5.76. The molecule has 5 heteroatoms. The third kappa shape index (κ3) is 5.64. The molecule has 186 valence electrons. The highest BCUT2D eigenvalue weighted by Gasteiger charge is 2.37. The quantitative estimate of drug-likeness (QED) is 0.230. The zero-order chi connectivity index (χ0) is 24.9. The number of fused-ring (bicyclic) bond motifs is 1. The molecule has 35 heavy (non-hydrogen) atoms. The fraction of sp³-hybridized carbons (Fsp3) is 0.467. The highest BCUT2D eigenvalue weighted by atomic mass is 19.2. The lowest BCUT2D eigenvalue weighted by Gasteiger charge is -2.42. The predicted octanol–water partition coefficient (Wildman–Crippen LogP) is 7.85. The Bertz CT molecular complexity index is 1130. The van der Waals surface area contributed by atoms with Gasteiger partial charge in [-0.05, 0) is 99.3 Å². The summed E-state index contributed by atoms with van der Waals surface area (Å²) >= 11 is 0. The van der Waals surface area contributed by atoms with Gasteiger partial charge in [-0.3, -0.25) is 0 Å². The highest BCUT2D eigenvalue weighted by molar-refractivity contribution is 5.46.